The molecule has 9 nitrogen and oxygen atoms in total. The normalized spacial score (nSPS) is 12.6. The minimum absolute atomic E-state index is 0.0705. The maximum Gasteiger partial charge on any atom is 0.277 e. The molecule has 0 saturated carbocycles. The van der Waals surface area contributed by atoms with Crippen LogP contribution in [-0.4, -0.2) is 52.6 Å². The quantitative estimate of drug-likeness (QED) is 0.127. The van der Waals surface area contributed by atoms with Gasteiger partial charge in [0.1, 0.15) is 12.0 Å². The van der Waals surface area contributed by atoms with Crippen LogP contribution < -0.4 is 17.2 Å². The van der Waals surface area contributed by atoms with E-state index in [0.717, 1.165) is 16.9 Å². The van der Waals surface area contributed by atoms with E-state index in [-0.39, 0.29) is 24.6 Å². The summed E-state index contributed by atoms with van der Waals surface area (Å²) in [5.74, 6) is -1.31. The molecular weight excluding hydrogens is 480 g/mol. The van der Waals surface area contributed by atoms with Gasteiger partial charge in [-0.3, -0.25) is 19.5 Å². The third-order valence-electron chi connectivity index (χ3n) is 5.85. The number of hydrogen-bond acceptors (Lipinski definition) is 5. The summed E-state index contributed by atoms with van der Waals surface area (Å²) in [7, 11) is 0. The summed E-state index contributed by atoms with van der Waals surface area (Å²) in [6, 6.07) is 14.6. The largest absolute Gasteiger partial charge is 0.370 e. The Morgan fingerprint density at radius 1 is 1.06 bits per heavy atom. The van der Waals surface area contributed by atoms with Crippen LogP contribution in [0.3, 0.4) is 0 Å². The van der Waals surface area contributed by atoms with Gasteiger partial charge in [0, 0.05) is 22.5 Å². The molecule has 0 aliphatic rings. The zero-order valence-corrected chi connectivity index (χ0v) is 20.7. The first-order valence-electron chi connectivity index (χ1n) is 11.8. The molecule has 0 bridgehead atoms. The molecule has 2 aromatic carbocycles. The van der Waals surface area contributed by atoms with Crippen molar-refractivity contribution in [2.24, 2.45) is 22.2 Å². The Labute approximate surface area is 214 Å². The average molecular weight is 511 g/mol. The molecule has 190 valence electrons. The van der Waals surface area contributed by atoms with Crippen LogP contribution in [0.2, 0.25) is 5.02 Å². The maximum atomic E-state index is 13.5. The summed E-state index contributed by atoms with van der Waals surface area (Å²) in [5, 5.41) is 1.22. The van der Waals surface area contributed by atoms with Gasteiger partial charge < -0.3 is 27.0 Å². The van der Waals surface area contributed by atoms with E-state index in [4.69, 9.17) is 28.8 Å². The zero-order chi connectivity index (χ0) is 26.1. The van der Waals surface area contributed by atoms with Crippen molar-refractivity contribution in [2.45, 2.75) is 44.2 Å². The van der Waals surface area contributed by atoms with Crippen LogP contribution in [-0.2, 0) is 16.0 Å². The minimum atomic E-state index is -1.02. The Morgan fingerprint density at radius 2 is 1.81 bits per heavy atom. The number of aliphatic imine (C=N–C) groups is 1. The second-order valence-electron chi connectivity index (χ2n) is 8.56. The number of carbonyl (C=O) groups excluding carboxylic acids is 3. The van der Waals surface area contributed by atoms with Crippen LogP contribution in [0.4, 0.5) is 0 Å². The molecule has 0 aliphatic carbocycles. The van der Waals surface area contributed by atoms with Gasteiger partial charge >= 0.3 is 0 Å². The number of rotatable bonds is 12. The fourth-order valence-electron chi connectivity index (χ4n) is 4.00. The molecule has 36 heavy (non-hydrogen) atoms. The monoisotopic (exact) mass is 510 g/mol. The molecule has 1 heterocycles. The number of aryl methyl sites for hydroxylation is 1. The van der Waals surface area contributed by atoms with Gasteiger partial charge in [-0.1, -0.05) is 41.9 Å². The fourth-order valence-corrected chi connectivity index (χ4v) is 4.18. The van der Waals surface area contributed by atoms with Gasteiger partial charge in [-0.05, 0) is 61.9 Å². The lowest BCUT2D eigenvalue weighted by Crippen LogP contribution is -2.52. The second-order valence-corrected chi connectivity index (χ2v) is 9.00. The first kappa shape index (κ1) is 26.9. The smallest absolute Gasteiger partial charge is 0.277 e. The number of halogens is 1. The summed E-state index contributed by atoms with van der Waals surface area (Å²) in [6.07, 6.45) is 2.93. The molecule has 0 spiro atoms. The summed E-state index contributed by atoms with van der Waals surface area (Å²) in [5.41, 5.74) is 18.9. The van der Waals surface area contributed by atoms with Crippen molar-refractivity contribution in [2.75, 3.05) is 6.54 Å². The number of guanidine groups is 1. The third kappa shape index (κ3) is 7.16. The van der Waals surface area contributed by atoms with Gasteiger partial charge in [0.15, 0.2) is 5.96 Å². The molecule has 3 aromatic rings. The van der Waals surface area contributed by atoms with Gasteiger partial charge in [-0.25, -0.2) is 0 Å². The first-order chi connectivity index (χ1) is 17.3. The number of carbonyl (C=O) groups is 3. The van der Waals surface area contributed by atoms with Crippen LogP contribution >= 0.6 is 11.6 Å². The Balaban J connectivity index is 1.80. The van der Waals surface area contributed by atoms with E-state index < -0.39 is 23.9 Å². The SMILES string of the molecule is NC(N)=NCCC[C@@H](C=O)N(C(=O)c1cc2cc(Cl)ccc2[nH]1)C(=O)[C@H](N)CCCc1ccccc1. The van der Waals surface area contributed by atoms with Crippen molar-refractivity contribution in [1.29, 1.82) is 0 Å². The van der Waals surface area contributed by atoms with E-state index in [1.807, 2.05) is 30.3 Å². The number of H-pyrrole nitrogens is 1. The molecule has 0 unspecified atom stereocenters. The Bertz CT molecular complexity index is 1220. The van der Waals surface area contributed by atoms with Crippen molar-refractivity contribution >= 4 is 46.6 Å². The molecule has 0 fully saturated rings. The number of nitrogens with zero attached hydrogens (tertiary/aromatic N) is 2. The van der Waals surface area contributed by atoms with Crippen molar-refractivity contribution in [3.63, 3.8) is 0 Å². The average Bonchev–Trinajstić information content (AvgIpc) is 3.29. The molecule has 2 atom stereocenters. The van der Waals surface area contributed by atoms with E-state index in [2.05, 4.69) is 9.98 Å². The number of aldehydes is 1. The highest BCUT2D eigenvalue weighted by atomic mass is 35.5. The summed E-state index contributed by atoms with van der Waals surface area (Å²) >= 11 is 6.07. The lowest BCUT2D eigenvalue weighted by Gasteiger charge is -2.28. The number of aromatic nitrogens is 1. The standard InChI is InChI=1S/C26H31ClN6O3/c27-19-11-12-22-18(14-19)15-23(32-22)25(36)33(20(16-34)9-5-13-31-26(29)30)24(35)21(28)10-4-8-17-6-2-1-3-7-17/h1-3,6-7,11-12,14-16,20-21,32H,4-5,8-10,13,28H2,(H4,29,30,31)/t20-,21+/m0/s1. The Kier molecular flexibility index (Phi) is 9.61. The van der Waals surface area contributed by atoms with Gasteiger partial charge in [0.2, 0.25) is 5.91 Å². The molecule has 0 aliphatic heterocycles. The van der Waals surface area contributed by atoms with Crippen LogP contribution in [0.1, 0.15) is 41.7 Å². The maximum absolute atomic E-state index is 13.5. The van der Waals surface area contributed by atoms with Crippen molar-refractivity contribution in [3.8, 4) is 0 Å². The number of nitrogens with two attached hydrogens (primary N) is 3. The fraction of sp³-hybridized carbons (Fsp3) is 0.308. The zero-order valence-electron chi connectivity index (χ0n) is 19.9. The first-order valence-corrected chi connectivity index (χ1v) is 12.1. The lowest BCUT2D eigenvalue weighted by molar-refractivity contribution is -0.134. The minimum Gasteiger partial charge on any atom is -0.370 e. The van der Waals surface area contributed by atoms with Gasteiger partial charge in [0.25, 0.3) is 5.91 Å². The van der Waals surface area contributed by atoms with Gasteiger partial charge in [-0.2, -0.15) is 0 Å². The van der Waals surface area contributed by atoms with Crippen molar-refractivity contribution < 1.29 is 14.4 Å². The Hall–Kier alpha value is -3.69. The van der Waals surface area contributed by atoms with Crippen molar-refractivity contribution in [1.82, 2.24) is 9.88 Å². The van der Waals surface area contributed by atoms with Crippen LogP contribution in [0.5, 0.6) is 0 Å². The number of benzene rings is 2. The highest BCUT2D eigenvalue weighted by Crippen LogP contribution is 2.22. The third-order valence-corrected chi connectivity index (χ3v) is 6.09. The lowest BCUT2D eigenvalue weighted by atomic mass is 10.0. The topological polar surface area (TPSA) is 161 Å². The van der Waals surface area contributed by atoms with Crippen LogP contribution in [0, 0.1) is 0 Å². The Morgan fingerprint density at radius 3 is 2.50 bits per heavy atom. The van der Waals surface area contributed by atoms with Gasteiger partial charge in [-0.15, -0.1) is 0 Å². The molecule has 10 heteroatoms. The molecule has 0 radical (unpaired) electrons. The van der Waals surface area contributed by atoms with E-state index in [9.17, 15) is 14.4 Å². The highest BCUT2D eigenvalue weighted by molar-refractivity contribution is 6.31. The number of nitrogens with one attached hydrogen (secondary N) is 1. The highest BCUT2D eigenvalue weighted by Gasteiger charge is 2.34. The molecule has 7 N–H and O–H groups in total. The molecule has 0 saturated heterocycles. The van der Waals surface area contributed by atoms with Crippen molar-refractivity contribution in [3.05, 3.63) is 70.9 Å². The number of hydrogen-bond donors (Lipinski definition) is 4. The van der Waals surface area contributed by atoms with Crippen LogP contribution in [0.25, 0.3) is 10.9 Å². The molecule has 2 amide bonds. The number of fused-ring (bicyclic) bond motifs is 1. The van der Waals surface area contributed by atoms with E-state index in [0.29, 0.717) is 41.5 Å². The molecule has 1 aromatic heterocycles. The predicted octanol–water partition coefficient (Wildman–Crippen LogP) is 2.76. The van der Waals surface area contributed by atoms with Crippen LogP contribution in [0.15, 0.2) is 59.6 Å². The number of amides is 2. The van der Waals surface area contributed by atoms with E-state index in [1.165, 1.54) is 0 Å². The summed E-state index contributed by atoms with van der Waals surface area (Å²) in [4.78, 5) is 46.9. The van der Waals surface area contributed by atoms with Gasteiger partial charge in [0.05, 0.1) is 12.1 Å². The molecular formula is C26H31ClN6O3. The summed E-state index contributed by atoms with van der Waals surface area (Å²) in [6.45, 7) is 0.261. The van der Waals surface area contributed by atoms with E-state index >= 15 is 0 Å². The number of imide groups is 1. The number of aromatic amines is 1. The summed E-state index contributed by atoms with van der Waals surface area (Å²) < 4.78 is 0. The molecule has 3 rings (SSSR count). The second kappa shape index (κ2) is 12.9. The predicted molar refractivity (Wildman–Crippen MR) is 142 cm³/mol. The van der Waals surface area contributed by atoms with E-state index in [1.54, 1.807) is 24.3 Å².